The lowest BCUT2D eigenvalue weighted by atomic mass is 10.2. The summed E-state index contributed by atoms with van der Waals surface area (Å²) in [6.45, 7) is 0. The summed E-state index contributed by atoms with van der Waals surface area (Å²) in [5.74, 6) is -1.19. The highest BCUT2D eigenvalue weighted by Crippen LogP contribution is 2.25. The van der Waals surface area contributed by atoms with Crippen molar-refractivity contribution in [1.82, 2.24) is 14.6 Å². The van der Waals surface area contributed by atoms with Gasteiger partial charge in [0.25, 0.3) is 5.56 Å². The van der Waals surface area contributed by atoms with E-state index in [0.29, 0.717) is 15.9 Å². The van der Waals surface area contributed by atoms with Crippen molar-refractivity contribution in [3.63, 3.8) is 0 Å². The van der Waals surface area contributed by atoms with Gasteiger partial charge in [-0.2, -0.15) is 4.52 Å². The average Bonchev–Trinajstić information content (AvgIpc) is 2.94. The van der Waals surface area contributed by atoms with E-state index in [0.717, 1.165) is 34.1 Å². The van der Waals surface area contributed by atoms with Crippen molar-refractivity contribution < 1.29 is 8.78 Å². The summed E-state index contributed by atoms with van der Waals surface area (Å²) in [5.41, 5.74) is 0.195. The van der Waals surface area contributed by atoms with Gasteiger partial charge >= 0.3 is 0 Å². The van der Waals surface area contributed by atoms with Crippen molar-refractivity contribution in [2.75, 3.05) is 5.32 Å². The van der Waals surface area contributed by atoms with Crippen molar-refractivity contribution in [1.29, 1.82) is 0 Å². The fraction of sp³-hybridized carbons (Fsp3) is 0. The van der Waals surface area contributed by atoms with E-state index in [1.165, 1.54) is 0 Å². The van der Waals surface area contributed by atoms with E-state index >= 15 is 0 Å². The Hall–Kier alpha value is -2.87. The number of hydrogen-bond donors (Lipinski definition) is 1. The van der Waals surface area contributed by atoms with Crippen molar-refractivity contribution in [3.8, 4) is 0 Å². The van der Waals surface area contributed by atoms with Gasteiger partial charge in [-0.05, 0) is 24.3 Å². The van der Waals surface area contributed by atoms with Crippen LogP contribution in [-0.2, 0) is 0 Å². The SMILES string of the molecule is O=c1c2ccccc2nc2sc(Nc3cc(F)ccc3F)nn12. The van der Waals surface area contributed by atoms with Crippen molar-refractivity contribution in [2.45, 2.75) is 0 Å². The van der Waals surface area contributed by atoms with Crippen LogP contribution in [0, 0.1) is 11.6 Å². The number of benzene rings is 2. The second-order valence-electron chi connectivity index (χ2n) is 4.78. The zero-order valence-corrected chi connectivity index (χ0v) is 12.3. The largest absolute Gasteiger partial charge is 0.328 e. The first kappa shape index (κ1) is 13.8. The Kier molecular flexibility index (Phi) is 3.05. The molecule has 0 amide bonds. The molecule has 2 aromatic carbocycles. The molecule has 114 valence electrons. The minimum atomic E-state index is -0.615. The standard InChI is InChI=1S/C15H8F2N4OS/c16-8-5-6-10(17)12(7-8)18-14-20-21-13(22)9-3-1-2-4-11(9)19-15(21)23-14/h1-7H,(H,18,20). The van der Waals surface area contributed by atoms with E-state index < -0.39 is 11.6 Å². The molecule has 0 spiro atoms. The molecule has 8 heteroatoms. The second-order valence-corrected chi connectivity index (χ2v) is 5.74. The molecule has 0 aliphatic carbocycles. The second kappa shape index (κ2) is 5.10. The monoisotopic (exact) mass is 330 g/mol. The van der Waals surface area contributed by atoms with Crippen LogP contribution in [0.5, 0.6) is 0 Å². The Labute approximate surface area is 131 Å². The molecule has 0 saturated heterocycles. The molecule has 0 unspecified atom stereocenters. The fourth-order valence-electron chi connectivity index (χ4n) is 2.21. The van der Waals surface area contributed by atoms with E-state index in [2.05, 4.69) is 15.4 Å². The molecule has 0 atom stereocenters. The summed E-state index contributed by atoms with van der Waals surface area (Å²) in [5, 5.41) is 7.45. The van der Waals surface area contributed by atoms with E-state index in [1.54, 1.807) is 24.3 Å². The van der Waals surface area contributed by atoms with E-state index in [4.69, 9.17) is 0 Å². The molecule has 0 fully saturated rings. The summed E-state index contributed by atoms with van der Waals surface area (Å²) in [7, 11) is 0. The van der Waals surface area contributed by atoms with Crippen molar-refractivity contribution in [3.05, 3.63) is 64.5 Å². The Morgan fingerprint density at radius 3 is 2.83 bits per heavy atom. The molecule has 23 heavy (non-hydrogen) atoms. The first-order valence-corrected chi connectivity index (χ1v) is 7.44. The van der Waals surface area contributed by atoms with Crippen molar-refractivity contribution >= 4 is 38.0 Å². The maximum Gasteiger partial charge on any atom is 0.283 e. The molecule has 2 heterocycles. The molecular formula is C15H8F2N4OS. The van der Waals surface area contributed by atoms with Crippen LogP contribution in [0.4, 0.5) is 19.6 Å². The molecule has 0 radical (unpaired) electrons. The highest BCUT2D eigenvalue weighted by Gasteiger charge is 2.12. The molecule has 5 nitrogen and oxygen atoms in total. The maximum absolute atomic E-state index is 13.7. The van der Waals surface area contributed by atoms with Crippen molar-refractivity contribution in [2.24, 2.45) is 0 Å². The van der Waals surface area contributed by atoms with Gasteiger partial charge < -0.3 is 5.32 Å². The van der Waals surface area contributed by atoms with Crippen LogP contribution in [0.1, 0.15) is 0 Å². The summed E-state index contributed by atoms with van der Waals surface area (Å²) < 4.78 is 28.0. The normalized spacial score (nSPS) is 11.2. The zero-order valence-electron chi connectivity index (χ0n) is 11.5. The van der Waals surface area contributed by atoms with Gasteiger partial charge in [0, 0.05) is 6.07 Å². The topological polar surface area (TPSA) is 59.3 Å². The minimum Gasteiger partial charge on any atom is -0.328 e. The predicted molar refractivity (Wildman–Crippen MR) is 84.3 cm³/mol. The third-order valence-electron chi connectivity index (χ3n) is 3.27. The summed E-state index contributed by atoms with van der Waals surface area (Å²) in [6, 6.07) is 9.99. The number of nitrogens with zero attached hydrogens (tertiary/aromatic N) is 3. The summed E-state index contributed by atoms with van der Waals surface area (Å²) >= 11 is 1.08. The molecule has 0 saturated carbocycles. The van der Waals surface area contributed by atoms with E-state index in [9.17, 15) is 13.6 Å². The smallest absolute Gasteiger partial charge is 0.283 e. The number of anilines is 2. The fourth-order valence-corrected chi connectivity index (χ4v) is 3.02. The van der Waals surface area contributed by atoms with Gasteiger partial charge in [-0.1, -0.05) is 23.5 Å². The summed E-state index contributed by atoms with van der Waals surface area (Å²) in [6.07, 6.45) is 0. The van der Waals surface area contributed by atoms with Crippen LogP contribution in [0.2, 0.25) is 0 Å². The maximum atomic E-state index is 13.7. The minimum absolute atomic E-state index is 0.0540. The van der Waals surface area contributed by atoms with Gasteiger partial charge in [0.15, 0.2) is 0 Å². The summed E-state index contributed by atoms with van der Waals surface area (Å²) in [4.78, 5) is 17.1. The van der Waals surface area contributed by atoms with Crippen LogP contribution in [0.3, 0.4) is 0 Å². The van der Waals surface area contributed by atoms with Gasteiger partial charge in [0.1, 0.15) is 11.6 Å². The number of fused-ring (bicyclic) bond motifs is 2. The van der Waals surface area contributed by atoms with Crippen LogP contribution >= 0.6 is 11.3 Å². The molecule has 0 bridgehead atoms. The van der Waals surface area contributed by atoms with Crippen LogP contribution in [0.15, 0.2) is 47.3 Å². The predicted octanol–water partition coefficient (Wildman–Crippen LogP) is 3.33. The Morgan fingerprint density at radius 2 is 1.96 bits per heavy atom. The Balaban J connectivity index is 1.86. The zero-order chi connectivity index (χ0) is 16.0. The molecular weight excluding hydrogens is 322 g/mol. The number of rotatable bonds is 2. The molecule has 1 N–H and O–H groups in total. The van der Waals surface area contributed by atoms with Gasteiger partial charge in [-0.3, -0.25) is 4.79 Å². The first-order valence-electron chi connectivity index (χ1n) is 6.62. The van der Waals surface area contributed by atoms with Gasteiger partial charge in [0.05, 0.1) is 16.6 Å². The molecule has 0 aliphatic rings. The Bertz CT molecular complexity index is 1110. The highest BCUT2D eigenvalue weighted by molar-refractivity contribution is 7.20. The van der Waals surface area contributed by atoms with Crippen LogP contribution < -0.4 is 10.9 Å². The third-order valence-corrected chi connectivity index (χ3v) is 4.10. The average molecular weight is 330 g/mol. The lowest BCUT2D eigenvalue weighted by Gasteiger charge is -2.02. The first-order chi connectivity index (χ1) is 11.1. The van der Waals surface area contributed by atoms with Gasteiger partial charge in [0.2, 0.25) is 10.1 Å². The quantitative estimate of drug-likeness (QED) is 0.612. The van der Waals surface area contributed by atoms with E-state index in [-0.39, 0.29) is 16.4 Å². The van der Waals surface area contributed by atoms with Gasteiger partial charge in [-0.25, -0.2) is 13.8 Å². The number of para-hydroxylation sites is 1. The van der Waals surface area contributed by atoms with E-state index in [1.807, 2.05) is 0 Å². The highest BCUT2D eigenvalue weighted by atomic mass is 32.1. The number of hydrogen-bond acceptors (Lipinski definition) is 5. The third kappa shape index (κ3) is 2.33. The van der Waals surface area contributed by atoms with Crippen LogP contribution in [0.25, 0.3) is 15.9 Å². The molecule has 0 aliphatic heterocycles. The molecule has 2 aromatic heterocycles. The molecule has 4 rings (SSSR count). The lowest BCUT2D eigenvalue weighted by molar-refractivity contribution is 0.603. The number of halogens is 2. The van der Waals surface area contributed by atoms with Gasteiger partial charge in [-0.15, -0.1) is 5.10 Å². The lowest BCUT2D eigenvalue weighted by Crippen LogP contribution is -2.15. The van der Waals surface area contributed by atoms with Crippen LogP contribution in [-0.4, -0.2) is 14.6 Å². The number of aromatic nitrogens is 3. The molecule has 4 aromatic rings. The Morgan fingerprint density at radius 1 is 1.13 bits per heavy atom. The number of nitrogens with one attached hydrogen (secondary N) is 1.